The normalized spacial score (nSPS) is 11.0. The lowest BCUT2D eigenvalue weighted by molar-refractivity contribution is 0.251. The first kappa shape index (κ1) is 20.4. The van der Waals surface area contributed by atoms with Crippen LogP contribution in [0.2, 0.25) is 10.0 Å². The highest BCUT2D eigenvalue weighted by Crippen LogP contribution is 2.21. The van der Waals surface area contributed by atoms with E-state index in [1.165, 1.54) is 0 Å². The molecule has 26 heavy (non-hydrogen) atoms. The molecule has 2 amide bonds. The van der Waals surface area contributed by atoms with Crippen LogP contribution in [0.5, 0.6) is 0 Å². The molecule has 0 aliphatic heterocycles. The molecule has 140 valence electrons. The standard InChI is InChI=1S/C17H19Cl2N3O3S/c1-2-9-26(24,25)22-15-7-5-14(6-8-15)21-17(23)20-11-12-3-4-13(18)10-16(12)19/h3-8,10,22H,2,9,11H2,1H3,(H2,20,21,23). The third-order valence-electron chi connectivity index (χ3n) is 3.34. The number of carbonyl (C=O) groups excluding carboxylic acids is 1. The van der Waals surface area contributed by atoms with Crippen LogP contribution in [0.1, 0.15) is 18.9 Å². The lowest BCUT2D eigenvalue weighted by Gasteiger charge is -2.10. The number of rotatable bonds is 7. The highest BCUT2D eigenvalue weighted by Gasteiger charge is 2.09. The SMILES string of the molecule is CCCS(=O)(=O)Nc1ccc(NC(=O)NCc2ccc(Cl)cc2Cl)cc1. The molecule has 2 rings (SSSR count). The summed E-state index contributed by atoms with van der Waals surface area (Å²) in [6, 6.07) is 11.0. The Balaban J connectivity index is 1.89. The first-order chi connectivity index (χ1) is 12.3. The molecular weight excluding hydrogens is 397 g/mol. The third kappa shape index (κ3) is 6.40. The lowest BCUT2D eigenvalue weighted by Crippen LogP contribution is -2.28. The third-order valence-corrected chi connectivity index (χ3v) is 5.42. The van der Waals surface area contributed by atoms with Gasteiger partial charge >= 0.3 is 6.03 Å². The summed E-state index contributed by atoms with van der Waals surface area (Å²) in [6.45, 7) is 2.04. The number of anilines is 2. The molecule has 0 fully saturated rings. The highest BCUT2D eigenvalue weighted by atomic mass is 35.5. The van der Waals surface area contributed by atoms with E-state index in [4.69, 9.17) is 23.2 Å². The number of hydrogen-bond donors (Lipinski definition) is 3. The number of carbonyl (C=O) groups is 1. The van der Waals surface area contributed by atoms with Gasteiger partial charge in [0.1, 0.15) is 0 Å². The molecule has 0 aromatic heterocycles. The Labute approximate surface area is 162 Å². The molecule has 0 aliphatic carbocycles. The van der Waals surface area contributed by atoms with Crippen molar-refractivity contribution in [2.24, 2.45) is 0 Å². The molecule has 0 saturated carbocycles. The monoisotopic (exact) mass is 415 g/mol. The first-order valence-corrected chi connectivity index (χ1v) is 10.3. The highest BCUT2D eigenvalue weighted by molar-refractivity contribution is 7.92. The molecule has 0 radical (unpaired) electrons. The van der Waals surface area contributed by atoms with E-state index in [1.807, 2.05) is 0 Å². The van der Waals surface area contributed by atoms with Gasteiger partial charge in [-0.3, -0.25) is 4.72 Å². The van der Waals surface area contributed by atoms with Gasteiger partial charge in [-0.15, -0.1) is 0 Å². The summed E-state index contributed by atoms with van der Waals surface area (Å²) in [4.78, 5) is 12.0. The lowest BCUT2D eigenvalue weighted by atomic mass is 10.2. The van der Waals surface area contributed by atoms with Crippen molar-refractivity contribution in [3.63, 3.8) is 0 Å². The molecule has 6 nitrogen and oxygen atoms in total. The summed E-state index contributed by atoms with van der Waals surface area (Å²) >= 11 is 11.9. The molecule has 0 unspecified atom stereocenters. The van der Waals surface area contributed by atoms with Crippen LogP contribution in [-0.4, -0.2) is 20.2 Å². The van der Waals surface area contributed by atoms with Crippen molar-refractivity contribution in [1.82, 2.24) is 5.32 Å². The molecule has 9 heteroatoms. The summed E-state index contributed by atoms with van der Waals surface area (Å²) < 4.78 is 25.9. The molecular formula is C17H19Cl2N3O3S. The Morgan fingerprint density at radius 2 is 1.69 bits per heavy atom. The number of urea groups is 1. The van der Waals surface area contributed by atoms with E-state index in [-0.39, 0.29) is 12.3 Å². The zero-order chi connectivity index (χ0) is 19.2. The smallest absolute Gasteiger partial charge is 0.319 e. The maximum Gasteiger partial charge on any atom is 0.319 e. The summed E-state index contributed by atoms with van der Waals surface area (Å²) in [7, 11) is -3.34. The van der Waals surface area contributed by atoms with Crippen molar-refractivity contribution in [2.75, 3.05) is 15.8 Å². The van der Waals surface area contributed by atoms with Gasteiger partial charge in [-0.05, 0) is 48.4 Å². The summed E-state index contributed by atoms with van der Waals surface area (Å²) in [5, 5.41) is 6.35. The molecule has 0 bridgehead atoms. The zero-order valence-corrected chi connectivity index (χ0v) is 16.4. The molecule has 3 N–H and O–H groups in total. The molecule has 2 aromatic rings. The van der Waals surface area contributed by atoms with Crippen LogP contribution in [0.4, 0.5) is 16.2 Å². The number of sulfonamides is 1. The Kier molecular flexibility index (Phi) is 7.14. The summed E-state index contributed by atoms with van der Waals surface area (Å²) in [5.41, 5.74) is 1.72. The second kappa shape index (κ2) is 9.12. The van der Waals surface area contributed by atoms with Gasteiger partial charge in [-0.1, -0.05) is 36.2 Å². The van der Waals surface area contributed by atoms with Crippen LogP contribution in [-0.2, 0) is 16.6 Å². The molecule has 0 atom stereocenters. The van der Waals surface area contributed by atoms with Crippen LogP contribution in [0.3, 0.4) is 0 Å². The number of benzene rings is 2. The maximum absolute atomic E-state index is 12.0. The van der Waals surface area contributed by atoms with Crippen molar-refractivity contribution in [2.45, 2.75) is 19.9 Å². The van der Waals surface area contributed by atoms with Gasteiger partial charge < -0.3 is 10.6 Å². The van der Waals surface area contributed by atoms with Crippen molar-refractivity contribution in [3.05, 3.63) is 58.1 Å². The van der Waals surface area contributed by atoms with Crippen LogP contribution in [0.25, 0.3) is 0 Å². The van der Waals surface area contributed by atoms with E-state index in [2.05, 4.69) is 15.4 Å². The Morgan fingerprint density at radius 3 is 2.31 bits per heavy atom. The Morgan fingerprint density at radius 1 is 1.04 bits per heavy atom. The van der Waals surface area contributed by atoms with Crippen LogP contribution >= 0.6 is 23.2 Å². The van der Waals surface area contributed by atoms with Crippen molar-refractivity contribution in [1.29, 1.82) is 0 Å². The van der Waals surface area contributed by atoms with Gasteiger partial charge in [0.25, 0.3) is 0 Å². The number of halogens is 2. The molecule has 0 heterocycles. The van der Waals surface area contributed by atoms with Crippen molar-refractivity contribution < 1.29 is 13.2 Å². The largest absolute Gasteiger partial charge is 0.334 e. The molecule has 0 saturated heterocycles. The van der Waals surface area contributed by atoms with E-state index in [9.17, 15) is 13.2 Å². The van der Waals surface area contributed by atoms with Crippen molar-refractivity contribution in [3.8, 4) is 0 Å². The molecule has 0 spiro atoms. The first-order valence-electron chi connectivity index (χ1n) is 7.88. The van der Waals surface area contributed by atoms with Gasteiger partial charge in [-0.2, -0.15) is 0 Å². The second-order valence-corrected chi connectivity index (χ2v) is 8.23. The number of amides is 2. The number of hydrogen-bond acceptors (Lipinski definition) is 3. The van der Waals surface area contributed by atoms with E-state index in [0.717, 1.165) is 5.56 Å². The van der Waals surface area contributed by atoms with Crippen LogP contribution < -0.4 is 15.4 Å². The average molecular weight is 416 g/mol. The molecule has 2 aromatic carbocycles. The fourth-order valence-corrected chi connectivity index (χ4v) is 3.75. The predicted octanol–water partition coefficient (Wildman–Crippen LogP) is 4.47. The zero-order valence-electron chi connectivity index (χ0n) is 14.1. The van der Waals surface area contributed by atoms with Gasteiger partial charge in [-0.25, -0.2) is 13.2 Å². The number of nitrogens with one attached hydrogen (secondary N) is 3. The quantitative estimate of drug-likeness (QED) is 0.623. The minimum atomic E-state index is -3.34. The fraction of sp³-hybridized carbons (Fsp3) is 0.235. The van der Waals surface area contributed by atoms with E-state index in [1.54, 1.807) is 49.4 Å². The summed E-state index contributed by atoms with van der Waals surface area (Å²) in [6.07, 6.45) is 0.535. The summed E-state index contributed by atoms with van der Waals surface area (Å²) in [5.74, 6) is 0.0582. The minimum absolute atomic E-state index is 0.0582. The predicted molar refractivity (Wildman–Crippen MR) is 106 cm³/mol. The van der Waals surface area contributed by atoms with Crippen molar-refractivity contribution >= 4 is 50.6 Å². The van der Waals surface area contributed by atoms with Crippen LogP contribution in [0.15, 0.2) is 42.5 Å². The fourth-order valence-electron chi connectivity index (χ4n) is 2.14. The van der Waals surface area contributed by atoms with E-state index in [0.29, 0.717) is 27.8 Å². The second-order valence-electron chi connectivity index (χ2n) is 5.54. The van der Waals surface area contributed by atoms with Gasteiger partial charge in [0.15, 0.2) is 0 Å². The van der Waals surface area contributed by atoms with Gasteiger partial charge in [0.05, 0.1) is 5.75 Å². The van der Waals surface area contributed by atoms with Crippen LogP contribution in [0, 0.1) is 0 Å². The average Bonchev–Trinajstić information content (AvgIpc) is 2.55. The van der Waals surface area contributed by atoms with E-state index < -0.39 is 16.1 Å². The van der Waals surface area contributed by atoms with E-state index >= 15 is 0 Å². The van der Waals surface area contributed by atoms with Gasteiger partial charge in [0, 0.05) is 28.0 Å². The topological polar surface area (TPSA) is 87.3 Å². The minimum Gasteiger partial charge on any atom is -0.334 e. The Hall–Kier alpha value is -1.96. The Bertz CT molecular complexity index is 871. The maximum atomic E-state index is 12.0. The van der Waals surface area contributed by atoms with Gasteiger partial charge in [0.2, 0.25) is 10.0 Å². The molecule has 0 aliphatic rings.